The van der Waals surface area contributed by atoms with E-state index in [1.165, 1.54) is 19.3 Å². The average molecular weight is 293 g/mol. The summed E-state index contributed by atoms with van der Waals surface area (Å²) in [5.74, 6) is 0.0838. The summed E-state index contributed by atoms with van der Waals surface area (Å²) >= 11 is 0. The van der Waals surface area contributed by atoms with Gasteiger partial charge in [0.15, 0.2) is 0 Å². The Morgan fingerprint density at radius 3 is 2.37 bits per heavy atom. The third-order valence-corrected chi connectivity index (χ3v) is 3.29. The Kier molecular flexibility index (Phi) is 10.9. The van der Waals surface area contributed by atoms with Gasteiger partial charge in [-0.25, -0.2) is 0 Å². The minimum Gasteiger partial charge on any atom is -0.356 e. The van der Waals surface area contributed by atoms with Crippen LogP contribution in [0.3, 0.4) is 0 Å². The number of hydrogen-bond acceptors (Lipinski definition) is 4. The van der Waals surface area contributed by atoms with Crippen molar-refractivity contribution in [1.82, 2.24) is 5.32 Å². The van der Waals surface area contributed by atoms with E-state index in [1.807, 2.05) is 0 Å². The van der Waals surface area contributed by atoms with Gasteiger partial charge in [-0.15, -0.1) is 0 Å². The fourth-order valence-corrected chi connectivity index (χ4v) is 2.06. The van der Waals surface area contributed by atoms with E-state index in [1.54, 1.807) is 0 Å². The van der Waals surface area contributed by atoms with Gasteiger partial charge in [-0.1, -0.05) is 32.6 Å². The topological polar surface area (TPSA) is 72.5 Å². The van der Waals surface area contributed by atoms with Crippen molar-refractivity contribution in [3.05, 3.63) is 0 Å². The van der Waals surface area contributed by atoms with E-state index in [-0.39, 0.29) is 12.5 Å². The molecular weight excluding hydrogens is 266 g/mol. The molecule has 0 aliphatic heterocycles. The Hall–Kier alpha value is -0.620. The zero-order chi connectivity index (χ0) is 14.6. The van der Waals surface area contributed by atoms with Gasteiger partial charge in [0, 0.05) is 13.0 Å². The van der Waals surface area contributed by atoms with Crippen LogP contribution in [-0.2, 0) is 19.1 Å². The SMILES string of the molecule is CCCCCCCC(=O)NCCCCOS(C)(=O)=O. The van der Waals surface area contributed by atoms with Crippen molar-refractivity contribution < 1.29 is 17.4 Å². The minimum absolute atomic E-state index is 0.0838. The second-order valence-corrected chi connectivity index (χ2v) is 6.39. The molecular formula is C13H27NO4S. The third kappa shape index (κ3) is 15.3. The Bertz CT molecular complexity index is 328. The molecule has 0 aromatic heterocycles. The van der Waals surface area contributed by atoms with Gasteiger partial charge in [0.05, 0.1) is 12.9 Å². The number of rotatable bonds is 12. The molecule has 0 aromatic carbocycles. The summed E-state index contributed by atoms with van der Waals surface area (Å²) in [5.41, 5.74) is 0. The van der Waals surface area contributed by atoms with E-state index < -0.39 is 10.1 Å². The van der Waals surface area contributed by atoms with Crippen LogP contribution in [0.1, 0.15) is 58.3 Å². The van der Waals surface area contributed by atoms with Crippen LogP contribution in [0.2, 0.25) is 0 Å². The number of amides is 1. The first-order valence-corrected chi connectivity index (χ1v) is 8.88. The van der Waals surface area contributed by atoms with Crippen molar-refractivity contribution in [3.63, 3.8) is 0 Å². The molecule has 0 rings (SSSR count). The van der Waals surface area contributed by atoms with Crippen LogP contribution in [0.15, 0.2) is 0 Å². The lowest BCUT2D eigenvalue weighted by atomic mass is 10.1. The summed E-state index contributed by atoms with van der Waals surface area (Å²) in [4.78, 5) is 11.4. The number of hydrogen-bond donors (Lipinski definition) is 1. The highest BCUT2D eigenvalue weighted by Crippen LogP contribution is 2.04. The first-order chi connectivity index (χ1) is 8.95. The zero-order valence-electron chi connectivity index (χ0n) is 12.1. The van der Waals surface area contributed by atoms with Gasteiger partial charge in [0.2, 0.25) is 5.91 Å². The Balaban J connectivity index is 3.29. The van der Waals surface area contributed by atoms with E-state index in [4.69, 9.17) is 0 Å². The summed E-state index contributed by atoms with van der Waals surface area (Å²) in [6, 6.07) is 0. The van der Waals surface area contributed by atoms with Gasteiger partial charge < -0.3 is 5.32 Å². The predicted octanol–water partition coefficient (Wildman–Crippen LogP) is 2.22. The molecule has 0 atom stereocenters. The standard InChI is InChI=1S/C13H27NO4S/c1-3-4-5-6-7-10-13(15)14-11-8-9-12-18-19(2,16)17/h3-12H2,1-2H3,(H,14,15). The highest BCUT2D eigenvalue weighted by atomic mass is 32.2. The summed E-state index contributed by atoms with van der Waals surface area (Å²) in [6.45, 7) is 2.94. The molecule has 0 aromatic rings. The van der Waals surface area contributed by atoms with Crippen LogP contribution in [0.4, 0.5) is 0 Å². The highest BCUT2D eigenvalue weighted by Gasteiger charge is 2.02. The molecule has 1 amide bonds. The lowest BCUT2D eigenvalue weighted by molar-refractivity contribution is -0.121. The summed E-state index contributed by atoms with van der Waals surface area (Å²) in [7, 11) is -3.33. The molecule has 0 saturated carbocycles. The summed E-state index contributed by atoms with van der Waals surface area (Å²) in [6.07, 6.45) is 8.70. The fourth-order valence-electron chi connectivity index (χ4n) is 1.64. The van der Waals surface area contributed by atoms with E-state index in [2.05, 4.69) is 16.4 Å². The summed E-state index contributed by atoms with van der Waals surface area (Å²) < 4.78 is 25.9. The second-order valence-electron chi connectivity index (χ2n) is 4.75. The van der Waals surface area contributed by atoms with Crippen molar-refractivity contribution >= 4 is 16.0 Å². The number of unbranched alkanes of at least 4 members (excludes halogenated alkanes) is 5. The Labute approximate surface area is 117 Å². The highest BCUT2D eigenvalue weighted by molar-refractivity contribution is 7.85. The van der Waals surface area contributed by atoms with Crippen molar-refractivity contribution in [2.24, 2.45) is 0 Å². The molecule has 0 bridgehead atoms. The largest absolute Gasteiger partial charge is 0.356 e. The fraction of sp³-hybridized carbons (Fsp3) is 0.923. The van der Waals surface area contributed by atoms with Crippen LogP contribution >= 0.6 is 0 Å². The predicted molar refractivity (Wildman–Crippen MR) is 76.4 cm³/mol. The van der Waals surface area contributed by atoms with Crippen LogP contribution in [0.25, 0.3) is 0 Å². The monoisotopic (exact) mass is 293 g/mol. The third-order valence-electron chi connectivity index (χ3n) is 2.70. The number of carbonyl (C=O) groups excluding carboxylic acids is 1. The first kappa shape index (κ1) is 18.4. The van der Waals surface area contributed by atoms with Crippen LogP contribution in [0.5, 0.6) is 0 Å². The van der Waals surface area contributed by atoms with Crippen molar-refractivity contribution in [2.75, 3.05) is 19.4 Å². The van der Waals surface area contributed by atoms with Crippen LogP contribution < -0.4 is 5.32 Å². The van der Waals surface area contributed by atoms with E-state index in [0.717, 1.165) is 25.5 Å². The first-order valence-electron chi connectivity index (χ1n) is 7.07. The summed E-state index contributed by atoms with van der Waals surface area (Å²) in [5, 5.41) is 2.83. The molecule has 6 heteroatoms. The van der Waals surface area contributed by atoms with E-state index in [9.17, 15) is 13.2 Å². The smallest absolute Gasteiger partial charge is 0.264 e. The molecule has 0 heterocycles. The van der Waals surface area contributed by atoms with Crippen LogP contribution in [-0.4, -0.2) is 33.7 Å². The lowest BCUT2D eigenvalue weighted by Crippen LogP contribution is -2.24. The van der Waals surface area contributed by atoms with Crippen molar-refractivity contribution in [3.8, 4) is 0 Å². The number of nitrogens with one attached hydrogen (secondary N) is 1. The Morgan fingerprint density at radius 1 is 1.05 bits per heavy atom. The zero-order valence-corrected chi connectivity index (χ0v) is 12.9. The molecule has 5 nitrogen and oxygen atoms in total. The average Bonchev–Trinajstić information content (AvgIpc) is 2.32. The molecule has 0 saturated heterocycles. The maximum absolute atomic E-state index is 11.4. The van der Waals surface area contributed by atoms with Gasteiger partial charge in [-0.05, 0) is 19.3 Å². The molecule has 0 spiro atoms. The van der Waals surface area contributed by atoms with Crippen molar-refractivity contribution in [2.45, 2.75) is 58.3 Å². The molecule has 0 aliphatic carbocycles. The van der Waals surface area contributed by atoms with Gasteiger partial charge >= 0.3 is 0 Å². The molecule has 1 N–H and O–H groups in total. The maximum atomic E-state index is 11.4. The second kappa shape index (κ2) is 11.2. The lowest BCUT2D eigenvalue weighted by Gasteiger charge is -2.05. The van der Waals surface area contributed by atoms with E-state index in [0.29, 0.717) is 19.4 Å². The van der Waals surface area contributed by atoms with Crippen molar-refractivity contribution in [1.29, 1.82) is 0 Å². The molecule has 0 unspecified atom stereocenters. The van der Waals surface area contributed by atoms with Gasteiger partial charge in [-0.3, -0.25) is 8.98 Å². The van der Waals surface area contributed by atoms with E-state index >= 15 is 0 Å². The molecule has 114 valence electrons. The van der Waals surface area contributed by atoms with Gasteiger partial charge in [0.25, 0.3) is 10.1 Å². The Morgan fingerprint density at radius 2 is 1.74 bits per heavy atom. The normalized spacial score (nSPS) is 11.5. The minimum atomic E-state index is -3.33. The van der Waals surface area contributed by atoms with Crippen LogP contribution in [0, 0.1) is 0 Å². The quantitative estimate of drug-likeness (QED) is 0.442. The molecule has 19 heavy (non-hydrogen) atoms. The maximum Gasteiger partial charge on any atom is 0.264 e. The molecule has 0 fully saturated rings. The van der Waals surface area contributed by atoms with Gasteiger partial charge in [-0.2, -0.15) is 8.42 Å². The molecule has 0 aliphatic rings. The molecule has 0 radical (unpaired) electrons. The van der Waals surface area contributed by atoms with Gasteiger partial charge in [0.1, 0.15) is 0 Å². The number of carbonyl (C=O) groups is 1.